The highest BCUT2D eigenvalue weighted by molar-refractivity contribution is 6.13. The molecule has 1 spiro atoms. The Bertz CT molecular complexity index is 3670. The molecule has 5 aromatic rings. The fourth-order valence-corrected chi connectivity index (χ4v) is 12.7. The Hall–Kier alpha value is -8.83. The third-order valence-electron chi connectivity index (χ3n) is 18.1. The maximum atomic E-state index is 14.2. The van der Waals surface area contributed by atoms with E-state index in [1.165, 1.54) is 19.1 Å². The first-order valence-electron chi connectivity index (χ1n) is 30.4. The van der Waals surface area contributed by atoms with Crippen LogP contribution in [0.3, 0.4) is 0 Å². The lowest BCUT2D eigenvalue weighted by Crippen LogP contribution is -2.57. The highest BCUT2D eigenvalue weighted by Crippen LogP contribution is 2.45. The summed E-state index contributed by atoms with van der Waals surface area (Å²) in [5.74, 6) is -5.72. The van der Waals surface area contributed by atoms with Crippen molar-refractivity contribution in [3.8, 4) is 11.4 Å². The van der Waals surface area contributed by atoms with Crippen LogP contribution in [0.1, 0.15) is 126 Å². The Labute approximate surface area is 508 Å². The molecule has 23 nitrogen and oxygen atoms in total. The quantitative estimate of drug-likeness (QED) is 0.0207. The van der Waals surface area contributed by atoms with E-state index in [-0.39, 0.29) is 61.1 Å². The van der Waals surface area contributed by atoms with Gasteiger partial charge < -0.3 is 50.4 Å². The lowest BCUT2D eigenvalue weighted by Gasteiger charge is -2.46. The average molecular weight is 1210 g/mol. The first-order chi connectivity index (χ1) is 42.1. The first kappa shape index (κ1) is 62.2. The molecule has 7 heterocycles. The van der Waals surface area contributed by atoms with Crippen LogP contribution in [0.2, 0.25) is 0 Å². The maximum absolute atomic E-state index is 14.2. The van der Waals surface area contributed by atoms with Gasteiger partial charge >= 0.3 is 18.0 Å². The summed E-state index contributed by atoms with van der Waals surface area (Å²) in [7, 11) is 0. The summed E-state index contributed by atoms with van der Waals surface area (Å²) < 4.78 is 12.8. The number of unbranched alkanes of at least 4 members (excludes halogenated alkanes) is 2. The molecular formula is C65H75N9O14. The number of benzene rings is 3. The van der Waals surface area contributed by atoms with Gasteiger partial charge in [-0.05, 0) is 129 Å². The van der Waals surface area contributed by atoms with Crippen molar-refractivity contribution in [1.29, 1.82) is 0 Å². The smallest absolute Gasteiger partial charge is 0.410 e. The minimum Gasteiger partial charge on any atom is -0.481 e. The zero-order chi connectivity index (χ0) is 62.6. The number of aromatic nitrogens is 2. The predicted octanol–water partition coefficient (Wildman–Crippen LogP) is 5.67. The molecule has 4 atom stereocenters. The van der Waals surface area contributed by atoms with Crippen LogP contribution in [0.4, 0.5) is 10.5 Å². The molecule has 0 radical (unpaired) electrons. The van der Waals surface area contributed by atoms with Crippen molar-refractivity contribution in [2.45, 2.75) is 148 Å². The number of rotatable bonds is 22. The number of aliphatic carboxylic acids is 1. The number of anilines is 1. The van der Waals surface area contributed by atoms with Crippen LogP contribution < -0.4 is 26.8 Å². The molecule has 1 unspecified atom stereocenters. The minimum atomic E-state index is -1.93. The number of carboxylic acids is 1. The number of nitrogens with one attached hydrogen (secondary N) is 4. The van der Waals surface area contributed by atoms with Crippen molar-refractivity contribution in [3.63, 3.8) is 0 Å². The predicted molar refractivity (Wildman–Crippen MR) is 323 cm³/mol. The number of fused-ring (bicyclic) bond motifs is 7. The van der Waals surface area contributed by atoms with Gasteiger partial charge in [0.2, 0.25) is 23.6 Å². The summed E-state index contributed by atoms with van der Waals surface area (Å²) in [4.78, 5) is 139. The lowest BCUT2D eigenvalue weighted by molar-refractivity contribution is -0.172. The number of piperidine rings is 2. The number of amides is 7. The van der Waals surface area contributed by atoms with Crippen LogP contribution in [-0.4, -0.2) is 139 Å². The summed E-state index contributed by atoms with van der Waals surface area (Å²) in [6.45, 7) is 10.3. The summed E-state index contributed by atoms with van der Waals surface area (Å²) in [6.07, 6.45) is 6.27. The van der Waals surface area contributed by atoms with Gasteiger partial charge in [-0.3, -0.25) is 48.2 Å². The number of cyclic esters (lactones) is 1. The van der Waals surface area contributed by atoms with E-state index < -0.39 is 89.5 Å². The monoisotopic (exact) mass is 1210 g/mol. The number of ether oxygens (including phenoxy) is 2. The number of pyridine rings is 2. The van der Waals surface area contributed by atoms with Gasteiger partial charge in [-0.25, -0.2) is 14.6 Å². The van der Waals surface area contributed by atoms with Gasteiger partial charge in [0.25, 0.3) is 17.4 Å². The van der Waals surface area contributed by atoms with Crippen LogP contribution in [0.25, 0.3) is 33.1 Å². The van der Waals surface area contributed by atoms with E-state index in [1.807, 2.05) is 18.2 Å². The average Bonchev–Trinajstić information content (AvgIpc) is 1.59. The van der Waals surface area contributed by atoms with Crippen molar-refractivity contribution in [2.75, 3.05) is 38.0 Å². The fourth-order valence-electron chi connectivity index (χ4n) is 12.7. The molecule has 464 valence electrons. The number of esters is 1. The van der Waals surface area contributed by atoms with E-state index in [0.717, 1.165) is 76.5 Å². The van der Waals surface area contributed by atoms with Crippen LogP contribution in [-0.2, 0) is 79.7 Å². The summed E-state index contributed by atoms with van der Waals surface area (Å²) >= 11 is 0. The molecule has 5 aliphatic rings. The molecule has 2 saturated heterocycles. The van der Waals surface area contributed by atoms with Gasteiger partial charge in [0.15, 0.2) is 5.60 Å². The zero-order valence-electron chi connectivity index (χ0n) is 50.0. The van der Waals surface area contributed by atoms with E-state index in [1.54, 1.807) is 60.6 Å². The Morgan fingerprint density at radius 1 is 0.784 bits per heavy atom. The van der Waals surface area contributed by atoms with E-state index in [0.29, 0.717) is 68.1 Å². The number of hydrogen-bond donors (Lipinski definition) is 6. The van der Waals surface area contributed by atoms with Crippen LogP contribution in [0, 0.1) is 11.3 Å². The highest BCUT2D eigenvalue weighted by Gasteiger charge is 2.46. The number of hydrogen-bond acceptors (Lipinski definition) is 15. The highest BCUT2D eigenvalue weighted by atomic mass is 16.6. The second kappa shape index (κ2) is 26.2. The van der Waals surface area contributed by atoms with Crippen LogP contribution in [0.15, 0.2) is 83.7 Å². The first-order valence-corrected chi connectivity index (χ1v) is 30.4. The fraction of sp³-hybridized carbons (Fsp3) is 0.462. The number of carbonyl (C=O) groups excluding carboxylic acids is 8. The molecule has 7 amide bonds. The zero-order valence-corrected chi connectivity index (χ0v) is 50.0. The number of likely N-dealkylation sites (tertiary alicyclic amines) is 2. The van der Waals surface area contributed by atoms with Crippen molar-refractivity contribution >= 4 is 80.8 Å². The van der Waals surface area contributed by atoms with Gasteiger partial charge in [0.05, 0.1) is 29.0 Å². The molecule has 10 rings (SSSR count). The molecule has 23 heteroatoms. The molecule has 6 N–H and O–H groups in total. The Balaban J connectivity index is 0.681. The lowest BCUT2D eigenvalue weighted by atomic mass is 9.71. The minimum absolute atomic E-state index is 0.00222. The van der Waals surface area contributed by atoms with Gasteiger partial charge in [-0.2, -0.15) is 0 Å². The molecule has 0 aliphatic carbocycles. The number of aliphatic hydroxyl groups is 1. The third kappa shape index (κ3) is 13.2. The molecule has 2 aromatic heterocycles. The standard InChI is InChI=1S/C65H75N9O14/c1-5-65(86)47-33-50-57-45(35-74(50)61(83)46(47)37-87-62(65)84)44(55-43-12-9-8-11-41(43)16-19-48(55)69-57)34-71-29-24-64(25-30-71)26-31-72(32-27-64)63(85)88-36-40-14-17-42(18-15-40)67-58(80)39(4)66-60(82)56(38(2)3)70-59(81)49(20-23-54(78)79)68-51(75)13-7-6-10-28-73-52(76)21-22-53(73)77/h8-9,11-12,14-19,21-22,33,38-39,49,56,86H,5-7,10,13,20,23-32,34-37H2,1-4H3,(H,66,82)(H,67,80)(H,68,75)(H,70,81)(H,78,79)/t39-,49?,56-,65-/m0/s1. The normalized spacial score (nSPS) is 18.8. The summed E-state index contributed by atoms with van der Waals surface area (Å²) in [5, 5.41) is 34.7. The van der Waals surface area contributed by atoms with Crippen molar-refractivity contribution in [2.24, 2.45) is 11.3 Å². The number of nitrogens with zero attached hydrogens (tertiary/aromatic N) is 5. The molecule has 3 aromatic carbocycles. The maximum Gasteiger partial charge on any atom is 0.410 e. The molecule has 2 fully saturated rings. The van der Waals surface area contributed by atoms with Gasteiger partial charge in [-0.15, -0.1) is 0 Å². The summed E-state index contributed by atoms with van der Waals surface area (Å²) in [5.41, 5.74) is 3.61. The van der Waals surface area contributed by atoms with Gasteiger partial charge in [0.1, 0.15) is 31.3 Å². The summed E-state index contributed by atoms with van der Waals surface area (Å²) in [6, 6.07) is 17.3. The molecule has 0 bridgehead atoms. The molecule has 5 aliphatic heterocycles. The van der Waals surface area contributed by atoms with E-state index in [2.05, 4.69) is 44.4 Å². The molecular weight excluding hydrogens is 1130 g/mol. The van der Waals surface area contributed by atoms with Crippen LogP contribution in [0.5, 0.6) is 0 Å². The second-order valence-electron chi connectivity index (χ2n) is 24.2. The Kier molecular flexibility index (Phi) is 18.6. The van der Waals surface area contributed by atoms with Gasteiger partial charge in [0, 0.05) is 73.4 Å². The topological polar surface area (TPSA) is 305 Å². The van der Waals surface area contributed by atoms with Crippen molar-refractivity contribution < 1.29 is 62.8 Å². The molecule has 0 saturated carbocycles. The van der Waals surface area contributed by atoms with Crippen molar-refractivity contribution in [3.05, 3.63) is 117 Å². The Morgan fingerprint density at radius 3 is 2.18 bits per heavy atom. The number of carbonyl (C=O) groups is 9. The Morgan fingerprint density at radius 2 is 1.49 bits per heavy atom. The second-order valence-corrected chi connectivity index (χ2v) is 24.2. The van der Waals surface area contributed by atoms with Crippen LogP contribution >= 0.6 is 0 Å². The third-order valence-corrected chi connectivity index (χ3v) is 18.1. The molecule has 88 heavy (non-hydrogen) atoms. The number of imide groups is 1. The van der Waals surface area contributed by atoms with E-state index >= 15 is 0 Å². The van der Waals surface area contributed by atoms with Crippen molar-refractivity contribution in [1.82, 2.24) is 40.2 Å². The van der Waals surface area contributed by atoms with E-state index in [9.17, 15) is 58.2 Å². The van der Waals surface area contributed by atoms with Gasteiger partial charge in [-0.1, -0.05) is 69.7 Å². The van der Waals surface area contributed by atoms with E-state index in [4.69, 9.17) is 14.5 Å². The SMILES string of the molecule is CC[C@@]1(O)C(=O)OCc2c1cc1n(c2=O)Cc2c-1nc1ccc3ccccc3c1c2CN1CCC2(CC1)CCN(C(=O)OCc1ccc(NC(=O)[C@H](C)NC(=O)[C@@H](NC(=O)C(CCC(=O)O)NC(=O)CCCCCN3C(=O)C=CC3=O)C(C)C)cc1)CC2. The number of carboxylic acid groups (broad SMARTS) is 1. The largest absolute Gasteiger partial charge is 0.481 e.